The molecule has 1 heterocycles. The third-order valence-corrected chi connectivity index (χ3v) is 3.11. The molecule has 0 amide bonds. The molecule has 0 aliphatic heterocycles. The molecule has 1 aromatic heterocycles. The number of hydrogen-bond acceptors (Lipinski definition) is 8. The summed E-state index contributed by atoms with van der Waals surface area (Å²) in [7, 11) is 3.31. The fourth-order valence-corrected chi connectivity index (χ4v) is 1.95. The van der Waals surface area contributed by atoms with Gasteiger partial charge in [0.15, 0.2) is 11.6 Å². The predicted octanol–water partition coefficient (Wildman–Crippen LogP) is 2.50. The highest BCUT2D eigenvalue weighted by Gasteiger charge is 2.07. The van der Waals surface area contributed by atoms with E-state index in [4.69, 9.17) is 9.47 Å². The predicted molar refractivity (Wildman–Crippen MR) is 96.8 cm³/mol. The van der Waals surface area contributed by atoms with E-state index in [1.165, 1.54) is 0 Å². The highest BCUT2D eigenvalue weighted by atomic mass is 16.5. The molecule has 0 spiro atoms. The number of rotatable bonds is 10. The maximum atomic E-state index is 4.97. The fraction of sp³-hybridized carbons (Fsp3) is 0.375. The Morgan fingerprint density at radius 3 is 1.75 bits per heavy atom. The van der Waals surface area contributed by atoms with Crippen molar-refractivity contribution in [1.82, 2.24) is 10.2 Å². The summed E-state index contributed by atoms with van der Waals surface area (Å²) in [6.45, 7) is 1.25. The monoisotopic (exact) mass is 330 g/mol. The van der Waals surface area contributed by atoms with E-state index in [-0.39, 0.29) is 0 Å². The van der Waals surface area contributed by atoms with Crippen molar-refractivity contribution in [2.24, 2.45) is 10.2 Å². The van der Waals surface area contributed by atoms with Gasteiger partial charge in [-0.15, -0.1) is 10.2 Å². The molecule has 2 N–H and O–H groups in total. The van der Waals surface area contributed by atoms with Crippen LogP contribution in [0.5, 0.6) is 0 Å². The molecule has 0 fully saturated rings. The van der Waals surface area contributed by atoms with Crippen LogP contribution in [0.2, 0.25) is 0 Å². The molecule has 8 heteroatoms. The molecule has 2 rings (SSSR count). The summed E-state index contributed by atoms with van der Waals surface area (Å²) < 4.78 is 9.93. The van der Waals surface area contributed by atoms with E-state index in [1.54, 1.807) is 26.6 Å². The fourth-order valence-electron chi connectivity index (χ4n) is 1.95. The van der Waals surface area contributed by atoms with Gasteiger partial charge in [-0.25, -0.2) is 0 Å². The number of hydrazone groups is 2. The number of methoxy groups -OCH3 is 2. The van der Waals surface area contributed by atoms with Crippen LogP contribution >= 0.6 is 0 Å². The van der Waals surface area contributed by atoms with Gasteiger partial charge in [-0.05, 0) is 0 Å². The van der Waals surface area contributed by atoms with Crippen molar-refractivity contribution in [2.75, 3.05) is 38.3 Å². The van der Waals surface area contributed by atoms with Gasteiger partial charge in [-0.2, -0.15) is 10.2 Å². The van der Waals surface area contributed by atoms with Crippen molar-refractivity contribution in [1.29, 1.82) is 0 Å². The van der Waals surface area contributed by atoms with E-state index in [9.17, 15) is 0 Å². The first-order chi connectivity index (χ1) is 11.9. The zero-order valence-corrected chi connectivity index (χ0v) is 13.9. The van der Waals surface area contributed by atoms with Crippen LogP contribution in [0.3, 0.4) is 0 Å². The Morgan fingerprint density at radius 1 is 0.875 bits per heavy atom. The van der Waals surface area contributed by atoms with Gasteiger partial charge in [0.2, 0.25) is 0 Å². The number of ether oxygens (including phenoxy) is 2. The lowest BCUT2D eigenvalue weighted by atomic mass is 10.2. The molecular weight excluding hydrogens is 308 g/mol. The van der Waals surface area contributed by atoms with Gasteiger partial charge < -0.3 is 9.47 Å². The third-order valence-electron chi connectivity index (χ3n) is 3.11. The molecule has 128 valence electrons. The van der Waals surface area contributed by atoms with E-state index in [0.29, 0.717) is 24.8 Å². The molecule has 0 aliphatic rings. The van der Waals surface area contributed by atoms with Gasteiger partial charge in [-0.1, -0.05) is 24.3 Å². The number of hydrogen-bond donors (Lipinski definition) is 2. The number of aromatic nitrogens is 2. The Hall–Kier alpha value is -2.58. The van der Waals surface area contributed by atoms with Crippen LogP contribution in [-0.2, 0) is 9.47 Å². The summed E-state index contributed by atoms with van der Waals surface area (Å²) in [6, 6.07) is 7.79. The van der Waals surface area contributed by atoms with E-state index in [0.717, 1.165) is 23.6 Å². The van der Waals surface area contributed by atoms with Crippen molar-refractivity contribution in [3.63, 3.8) is 0 Å². The maximum Gasteiger partial charge on any atom is 0.176 e. The van der Waals surface area contributed by atoms with Crippen LogP contribution < -0.4 is 10.9 Å². The summed E-state index contributed by atoms with van der Waals surface area (Å²) >= 11 is 0. The van der Waals surface area contributed by atoms with Crippen molar-refractivity contribution < 1.29 is 9.47 Å². The summed E-state index contributed by atoms with van der Waals surface area (Å²) in [5, 5.41) is 18.4. The lowest BCUT2D eigenvalue weighted by Crippen LogP contribution is -2.02. The van der Waals surface area contributed by atoms with Crippen LogP contribution in [0.4, 0.5) is 11.6 Å². The minimum atomic E-state index is 0.591. The normalized spacial score (nSPS) is 11.6. The number of fused-ring (bicyclic) bond motifs is 1. The van der Waals surface area contributed by atoms with Gasteiger partial charge in [0, 0.05) is 50.3 Å². The first-order valence-corrected chi connectivity index (χ1v) is 7.65. The average molecular weight is 330 g/mol. The number of nitrogens with zero attached hydrogens (tertiary/aromatic N) is 4. The number of anilines is 2. The summed E-state index contributed by atoms with van der Waals surface area (Å²) in [6.07, 6.45) is 4.94. The molecule has 1 aromatic carbocycles. The van der Waals surface area contributed by atoms with Gasteiger partial charge in [-0.3, -0.25) is 10.9 Å². The molecule has 0 unspecified atom stereocenters. The SMILES string of the molecule is COCC/C=N/Nc1nnc(N/N=C/CCOC)c2ccccc12. The highest BCUT2D eigenvalue weighted by Crippen LogP contribution is 2.25. The standard InChI is InChI=1S/C16H22N6O2/c1-23-11-5-9-17-19-15-13-7-3-4-8-14(13)16(22-21-15)20-18-10-6-12-24-2/h3-4,7-10H,5-6,11-12H2,1-2H3,(H,19,21)(H,20,22)/b17-9+,18-10+. The molecule has 24 heavy (non-hydrogen) atoms. The summed E-state index contributed by atoms with van der Waals surface area (Å²) in [5.41, 5.74) is 5.83. The lowest BCUT2D eigenvalue weighted by Gasteiger charge is -2.07. The van der Waals surface area contributed by atoms with Gasteiger partial charge in [0.25, 0.3) is 0 Å². The van der Waals surface area contributed by atoms with Crippen LogP contribution in [-0.4, -0.2) is 50.1 Å². The Bertz CT molecular complexity index is 631. The second-order valence-electron chi connectivity index (χ2n) is 4.85. The second kappa shape index (κ2) is 10.2. The highest BCUT2D eigenvalue weighted by molar-refractivity contribution is 5.98. The van der Waals surface area contributed by atoms with Crippen molar-refractivity contribution >= 4 is 34.8 Å². The molecule has 0 atom stereocenters. The average Bonchev–Trinajstić information content (AvgIpc) is 2.62. The second-order valence-corrected chi connectivity index (χ2v) is 4.85. The summed E-state index contributed by atoms with van der Waals surface area (Å²) in [4.78, 5) is 0. The van der Waals surface area contributed by atoms with Crippen LogP contribution in [0.25, 0.3) is 10.8 Å². The molecule has 2 aromatic rings. The Labute approximate surface area is 140 Å². The summed E-state index contributed by atoms with van der Waals surface area (Å²) in [5.74, 6) is 1.18. The molecule has 0 radical (unpaired) electrons. The first-order valence-electron chi connectivity index (χ1n) is 7.65. The van der Waals surface area contributed by atoms with E-state index in [2.05, 4.69) is 31.3 Å². The number of benzene rings is 1. The van der Waals surface area contributed by atoms with Crippen molar-refractivity contribution in [3.8, 4) is 0 Å². The number of nitrogens with one attached hydrogen (secondary N) is 2. The van der Waals surface area contributed by atoms with Gasteiger partial charge in [0.05, 0.1) is 13.2 Å². The minimum absolute atomic E-state index is 0.591. The zero-order valence-electron chi connectivity index (χ0n) is 13.9. The van der Waals surface area contributed by atoms with Crippen molar-refractivity contribution in [3.05, 3.63) is 24.3 Å². The molecule has 0 aliphatic carbocycles. The molecule has 8 nitrogen and oxygen atoms in total. The van der Waals surface area contributed by atoms with Gasteiger partial charge >= 0.3 is 0 Å². The zero-order chi connectivity index (χ0) is 17.0. The van der Waals surface area contributed by atoms with E-state index in [1.807, 2.05) is 24.3 Å². The largest absolute Gasteiger partial charge is 0.384 e. The first kappa shape index (κ1) is 17.8. The lowest BCUT2D eigenvalue weighted by molar-refractivity contribution is 0.208. The minimum Gasteiger partial charge on any atom is -0.384 e. The molecular formula is C16H22N6O2. The van der Waals surface area contributed by atoms with Crippen LogP contribution in [0.1, 0.15) is 12.8 Å². The van der Waals surface area contributed by atoms with Gasteiger partial charge in [0.1, 0.15) is 0 Å². The topological polar surface area (TPSA) is 93.0 Å². The van der Waals surface area contributed by atoms with E-state index >= 15 is 0 Å². The van der Waals surface area contributed by atoms with Crippen LogP contribution in [0.15, 0.2) is 34.5 Å². The molecule has 0 saturated carbocycles. The third kappa shape index (κ3) is 5.25. The Balaban J connectivity index is 2.11. The maximum absolute atomic E-state index is 4.97. The Morgan fingerprint density at radius 2 is 1.33 bits per heavy atom. The Kier molecular flexibility index (Phi) is 7.58. The van der Waals surface area contributed by atoms with Crippen molar-refractivity contribution in [2.45, 2.75) is 12.8 Å². The van der Waals surface area contributed by atoms with E-state index < -0.39 is 0 Å². The smallest absolute Gasteiger partial charge is 0.176 e. The van der Waals surface area contributed by atoms with Crippen LogP contribution in [0, 0.1) is 0 Å². The molecule has 0 bridgehead atoms. The molecule has 0 saturated heterocycles. The quantitative estimate of drug-likeness (QED) is 0.395.